The van der Waals surface area contributed by atoms with Gasteiger partial charge in [0, 0.05) is 0 Å². The highest BCUT2D eigenvalue weighted by molar-refractivity contribution is 6.51. The molecule has 1 rings (SSSR count). The number of hydrogen-bond donors (Lipinski definition) is 0. The van der Waals surface area contributed by atoms with Gasteiger partial charge < -0.3 is 0 Å². The highest BCUT2D eigenvalue weighted by atomic mass is 14.2. The summed E-state index contributed by atoms with van der Waals surface area (Å²) >= 11 is 0. The summed E-state index contributed by atoms with van der Waals surface area (Å²) in [6.45, 7) is 2.08. The fraction of sp³-hybridized carbons (Fsp3) is 0.125. The minimum absolute atomic E-state index is 0.749. The predicted molar refractivity (Wildman–Crippen MR) is 43.8 cm³/mol. The van der Waals surface area contributed by atoms with Crippen LogP contribution in [0.3, 0.4) is 0 Å². The van der Waals surface area contributed by atoms with Crippen LogP contribution in [0, 0.1) is 11.3 Å². The molecule has 0 aliphatic rings. The molecule has 0 atom stereocenters. The topological polar surface area (TPSA) is 23.8 Å². The maximum atomic E-state index is 8.51. The van der Waals surface area contributed by atoms with E-state index in [1.165, 1.54) is 5.46 Å². The van der Waals surface area contributed by atoms with Gasteiger partial charge in [0.05, 0.1) is 11.6 Å². The van der Waals surface area contributed by atoms with Crippen LogP contribution in [0.2, 0.25) is 6.82 Å². The van der Waals surface area contributed by atoms with Crippen molar-refractivity contribution in [3.8, 4) is 6.07 Å². The van der Waals surface area contributed by atoms with Gasteiger partial charge in [-0.1, -0.05) is 30.5 Å². The fourth-order valence-corrected chi connectivity index (χ4v) is 0.861. The standard InChI is InChI=1S/C8H8BN/c1-9-8-4-2-3-7(5-8)6-10/h2-5,9H,1H3. The molecule has 48 valence electrons. The van der Waals surface area contributed by atoms with E-state index in [0.717, 1.165) is 12.8 Å². The van der Waals surface area contributed by atoms with Gasteiger partial charge in [-0.15, -0.1) is 0 Å². The molecule has 1 nitrogen and oxygen atoms in total. The van der Waals surface area contributed by atoms with Crippen LogP contribution in [0.4, 0.5) is 0 Å². The number of nitriles is 1. The molecule has 0 saturated carbocycles. The average molecular weight is 129 g/mol. The Morgan fingerprint density at radius 1 is 1.50 bits per heavy atom. The van der Waals surface area contributed by atoms with Crippen molar-refractivity contribution in [2.75, 3.05) is 0 Å². The molecule has 10 heavy (non-hydrogen) atoms. The van der Waals surface area contributed by atoms with E-state index in [9.17, 15) is 0 Å². The summed E-state index contributed by atoms with van der Waals surface area (Å²) in [5, 5.41) is 8.51. The molecule has 2 heteroatoms. The molecule has 0 heterocycles. The second-order valence-electron chi connectivity index (χ2n) is 2.17. The smallest absolute Gasteiger partial charge is 0.154 e. The maximum Gasteiger partial charge on any atom is 0.154 e. The van der Waals surface area contributed by atoms with Crippen LogP contribution in [0.5, 0.6) is 0 Å². The molecule has 0 aromatic heterocycles. The van der Waals surface area contributed by atoms with Crippen molar-refractivity contribution in [2.24, 2.45) is 0 Å². The molecule has 0 spiro atoms. The Hall–Kier alpha value is -1.23. The predicted octanol–water partition coefficient (Wildman–Crippen LogP) is 0.668. The number of hydrogen-bond acceptors (Lipinski definition) is 1. The second-order valence-corrected chi connectivity index (χ2v) is 2.17. The van der Waals surface area contributed by atoms with Crippen LogP contribution < -0.4 is 5.46 Å². The molecule has 0 bridgehead atoms. The highest BCUT2D eigenvalue weighted by Crippen LogP contribution is 1.92. The van der Waals surface area contributed by atoms with Crippen LogP contribution >= 0.6 is 0 Å². The van der Waals surface area contributed by atoms with E-state index in [0.29, 0.717) is 0 Å². The molecule has 0 fully saturated rings. The second kappa shape index (κ2) is 3.07. The normalized spacial score (nSPS) is 8.40. The summed E-state index contributed by atoms with van der Waals surface area (Å²) in [7, 11) is 0.996. The van der Waals surface area contributed by atoms with Crippen molar-refractivity contribution in [1.82, 2.24) is 0 Å². The lowest BCUT2D eigenvalue weighted by molar-refractivity contribution is 1.49. The van der Waals surface area contributed by atoms with E-state index in [1.54, 1.807) is 0 Å². The quantitative estimate of drug-likeness (QED) is 0.511. The number of rotatable bonds is 1. The maximum absolute atomic E-state index is 8.51. The van der Waals surface area contributed by atoms with Crippen molar-refractivity contribution < 1.29 is 0 Å². The summed E-state index contributed by atoms with van der Waals surface area (Å²) in [6.07, 6.45) is 0. The van der Waals surface area contributed by atoms with Gasteiger partial charge in [-0.2, -0.15) is 5.26 Å². The third-order valence-electron chi connectivity index (χ3n) is 1.46. The fourth-order valence-electron chi connectivity index (χ4n) is 0.861. The lowest BCUT2D eigenvalue weighted by Gasteiger charge is -1.92. The van der Waals surface area contributed by atoms with Gasteiger partial charge in [-0.3, -0.25) is 0 Å². The van der Waals surface area contributed by atoms with Gasteiger partial charge in [0.25, 0.3) is 0 Å². The van der Waals surface area contributed by atoms with Crippen molar-refractivity contribution in [3.63, 3.8) is 0 Å². The van der Waals surface area contributed by atoms with Gasteiger partial charge in [0.2, 0.25) is 0 Å². The Morgan fingerprint density at radius 3 is 2.90 bits per heavy atom. The number of benzene rings is 1. The van der Waals surface area contributed by atoms with Crippen LogP contribution in [0.15, 0.2) is 24.3 Å². The van der Waals surface area contributed by atoms with Crippen molar-refractivity contribution >= 4 is 12.7 Å². The Morgan fingerprint density at radius 2 is 2.30 bits per heavy atom. The molecule has 0 amide bonds. The van der Waals surface area contributed by atoms with E-state index in [1.807, 2.05) is 24.3 Å². The molecule has 0 N–H and O–H groups in total. The molecule has 1 aromatic rings. The summed E-state index contributed by atoms with van der Waals surface area (Å²) in [5.41, 5.74) is 1.97. The van der Waals surface area contributed by atoms with E-state index in [4.69, 9.17) is 5.26 Å². The average Bonchev–Trinajstić information content (AvgIpc) is 2.05. The van der Waals surface area contributed by atoms with E-state index < -0.39 is 0 Å². The van der Waals surface area contributed by atoms with Crippen LogP contribution in [0.1, 0.15) is 5.56 Å². The first kappa shape index (κ1) is 6.89. The van der Waals surface area contributed by atoms with Crippen molar-refractivity contribution in [2.45, 2.75) is 6.82 Å². The molecule has 1 aromatic carbocycles. The summed E-state index contributed by atoms with van der Waals surface area (Å²) in [5.74, 6) is 0. The van der Waals surface area contributed by atoms with E-state index >= 15 is 0 Å². The third-order valence-corrected chi connectivity index (χ3v) is 1.46. The monoisotopic (exact) mass is 129 g/mol. The Bertz CT molecular complexity index is 262. The first-order chi connectivity index (χ1) is 4.86. The van der Waals surface area contributed by atoms with Crippen LogP contribution in [0.25, 0.3) is 0 Å². The molecule has 0 unspecified atom stereocenters. The largest absolute Gasteiger partial charge is 0.192 e. The Kier molecular flexibility index (Phi) is 2.12. The minimum atomic E-state index is 0.749. The highest BCUT2D eigenvalue weighted by Gasteiger charge is 1.90. The zero-order valence-electron chi connectivity index (χ0n) is 5.96. The van der Waals surface area contributed by atoms with Gasteiger partial charge in [0.15, 0.2) is 7.28 Å². The first-order valence-electron chi connectivity index (χ1n) is 3.36. The van der Waals surface area contributed by atoms with Crippen LogP contribution in [-0.4, -0.2) is 7.28 Å². The van der Waals surface area contributed by atoms with Crippen LogP contribution in [-0.2, 0) is 0 Å². The third kappa shape index (κ3) is 1.38. The first-order valence-corrected chi connectivity index (χ1v) is 3.36. The Labute approximate surface area is 61.5 Å². The molecule has 0 radical (unpaired) electrons. The van der Waals surface area contributed by atoms with E-state index in [2.05, 4.69) is 12.9 Å². The van der Waals surface area contributed by atoms with Gasteiger partial charge in [-0.05, 0) is 6.07 Å². The molecule has 0 saturated heterocycles. The summed E-state index contributed by atoms with van der Waals surface area (Å²) in [4.78, 5) is 0. The van der Waals surface area contributed by atoms with Crippen molar-refractivity contribution in [3.05, 3.63) is 29.8 Å². The molecular formula is C8H8BN. The number of nitrogens with zero attached hydrogens (tertiary/aromatic N) is 1. The van der Waals surface area contributed by atoms with Gasteiger partial charge >= 0.3 is 0 Å². The van der Waals surface area contributed by atoms with Gasteiger partial charge in [-0.25, -0.2) is 0 Å². The van der Waals surface area contributed by atoms with Gasteiger partial charge in [0.1, 0.15) is 0 Å². The zero-order valence-corrected chi connectivity index (χ0v) is 5.96. The van der Waals surface area contributed by atoms with E-state index in [-0.39, 0.29) is 0 Å². The van der Waals surface area contributed by atoms with Crippen molar-refractivity contribution in [1.29, 1.82) is 5.26 Å². The zero-order chi connectivity index (χ0) is 7.40. The molecule has 0 aliphatic heterocycles. The summed E-state index contributed by atoms with van der Waals surface area (Å²) < 4.78 is 0. The minimum Gasteiger partial charge on any atom is -0.192 e. The lowest BCUT2D eigenvalue weighted by Crippen LogP contribution is -2.09. The SMILES string of the molecule is CBc1cccc(C#N)c1. The Balaban J connectivity index is 3.01. The lowest BCUT2D eigenvalue weighted by atomic mass is 9.73. The molecule has 0 aliphatic carbocycles. The summed E-state index contributed by atoms with van der Waals surface area (Å²) in [6, 6.07) is 9.78. The molecular weight excluding hydrogens is 121 g/mol.